The Morgan fingerprint density at radius 1 is 1.40 bits per heavy atom. The Morgan fingerprint density at radius 3 is 2.70 bits per heavy atom. The molecule has 0 aliphatic rings. The molecule has 1 unspecified atom stereocenters. The lowest BCUT2D eigenvalue weighted by atomic mass is 10.1. The van der Waals surface area contributed by atoms with Gasteiger partial charge in [-0.1, -0.05) is 12.1 Å². The normalized spacial score (nSPS) is 11.7. The number of aromatic hydroxyl groups is 1. The van der Waals surface area contributed by atoms with E-state index < -0.39 is 5.97 Å². The van der Waals surface area contributed by atoms with Crippen molar-refractivity contribution in [1.82, 2.24) is 10.2 Å². The molecule has 0 fully saturated rings. The summed E-state index contributed by atoms with van der Waals surface area (Å²) in [4.78, 5) is 23.8. The monoisotopic (exact) mass is 280 g/mol. The van der Waals surface area contributed by atoms with E-state index in [1.54, 1.807) is 25.2 Å². The number of aliphatic carboxylic acids is 1. The van der Waals surface area contributed by atoms with E-state index in [-0.39, 0.29) is 24.2 Å². The van der Waals surface area contributed by atoms with Crippen LogP contribution in [0.1, 0.15) is 31.4 Å². The van der Waals surface area contributed by atoms with Crippen molar-refractivity contribution in [3.8, 4) is 5.75 Å². The quantitative estimate of drug-likeness (QED) is 0.695. The fourth-order valence-electron chi connectivity index (χ4n) is 1.74. The molecular weight excluding hydrogens is 260 g/mol. The predicted molar refractivity (Wildman–Crippen MR) is 74.6 cm³/mol. The van der Waals surface area contributed by atoms with E-state index in [0.29, 0.717) is 13.0 Å². The lowest BCUT2D eigenvalue weighted by Gasteiger charge is -2.25. The third kappa shape index (κ3) is 4.79. The van der Waals surface area contributed by atoms with Crippen molar-refractivity contribution < 1.29 is 19.8 Å². The number of hydrogen-bond donors (Lipinski definition) is 3. The molecule has 0 bridgehead atoms. The molecule has 6 nitrogen and oxygen atoms in total. The van der Waals surface area contributed by atoms with Gasteiger partial charge in [0.15, 0.2) is 0 Å². The lowest BCUT2D eigenvalue weighted by Crippen LogP contribution is -2.39. The van der Waals surface area contributed by atoms with Crippen molar-refractivity contribution in [3.63, 3.8) is 0 Å². The van der Waals surface area contributed by atoms with Crippen LogP contribution in [-0.2, 0) is 4.79 Å². The van der Waals surface area contributed by atoms with Gasteiger partial charge in [0.2, 0.25) is 0 Å². The molecule has 1 aromatic rings. The van der Waals surface area contributed by atoms with E-state index in [0.717, 1.165) is 5.56 Å². The molecule has 1 aromatic carbocycles. The molecule has 3 N–H and O–H groups in total. The molecule has 1 rings (SSSR count). The largest absolute Gasteiger partial charge is 0.508 e. The highest BCUT2D eigenvalue weighted by Crippen LogP contribution is 2.22. The van der Waals surface area contributed by atoms with E-state index in [1.165, 1.54) is 4.90 Å². The zero-order valence-corrected chi connectivity index (χ0v) is 11.7. The van der Waals surface area contributed by atoms with Gasteiger partial charge in [0.1, 0.15) is 5.75 Å². The van der Waals surface area contributed by atoms with Crippen LogP contribution in [0, 0.1) is 0 Å². The number of phenolic OH excluding ortho intramolecular Hbond substituents is 1. The molecule has 110 valence electrons. The summed E-state index contributed by atoms with van der Waals surface area (Å²) in [5, 5.41) is 20.6. The van der Waals surface area contributed by atoms with E-state index in [1.807, 2.05) is 13.0 Å². The zero-order chi connectivity index (χ0) is 15.1. The van der Waals surface area contributed by atoms with Gasteiger partial charge >= 0.3 is 12.0 Å². The first-order valence-electron chi connectivity index (χ1n) is 6.43. The highest BCUT2D eigenvalue weighted by molar-refractivity contribution is 5.74. The summed E-state index contributed by atoms with van der Waals surface area (Å²) in [5.41, 5.74) is 0.827. The summed E-state index contributed by atoms with van der Waals surface area (Å²) in [7, 11) is 1.65. The highest BCUT2D eigenvalue weighted by atomic mass is 16.4. The summed E-state index contributed by atoms with van der Waals surface area (Å²) >= 11 is 0. The number of nitrogens with zero attached hydrogens (tertiary/aromatic N) is 1. The molecule has 0 spiro atoms. The summed E-state index contributed by atoms with van der Waals surface area (Å²) in [6, 6.07) is 6.27. The molecule has 0 saturated heterocycles. The van der Waals surface area contributed by atoms with Gasteiger partial charge in [-0.05, 0) is 31.0 Å². The Bertz CT molecular complexity index is 476. The number of amides is 2. The summed E-state index contributed by atoms with van der Waals surface area (Å²) < 4.78 is 0. The summed E-state index contributed by atoms with van der Waals surface area (Å²) in [6.45, 7) is 2.17. The van der Waals surface area contributed by atoms with E-state index >= 15 is 0 Å². The van der Waals surface area contributed by atoms with Crippen molar-refractivity contribution in [2.75, 3.05) is 13.6 Å². The minimum Gasteiger partial charge on any atom is -0.508 e. The molecule has 6 heteroatoms. The minimum absolute atomic E-state index is 0.0338. The summed E-state index contributed by atoms with van der Waals surface area (Å²) in [5.74, 6) is -0.717. The Labute approximate surface area is 118 Å². The molecular formula is C14H20N2O4. The number of nitrogens with one attached hydrogen (secondary N) is 1. The first-order valence-corrected chi connectivity index (χ1v) is 6.43. The second-order valence-electron chi connectivity index (χ2n) is 4.61. The van der Waals surface area contributed by atoms with Crippen LogP contribution in [0.4, 0.5) is 4.79 Å². The standard InChI is InChI=1S/C14H20N2O4/c1-10(11-5-3-6-12(17)9-11)16(2)14(20)15-8-4-7-13(18)19/h3,5-6,9-10,17H,4,7-8H2,1-2H3,(H,15,20)(H,18,19). The number of hydrogen-bond acceptors (Lipinski definition) is 3. The van der Waals surface area contributed by atoms with Gasteiger partial charge in [-0.3, -0.25) is 4.79 Å². The molecule has 0 saturated carbocycles. The molecule has 1 atom stereocenters. The van der Waals surface area contributed by atoms with Crippen LogP contribution in [0.15, 0.2) is 24.3 Å². The maximum atomic E-state index is 11.9. The number of rotatable bonds is 6. The number of phenols is 1. The van der Waals surface area contributed by atoms with Crippen molar-refractivity contribution in [1.29, 1.82) is 0 Å². The number of urea groups is 1. The minimum atomic E-state index is -0.874. The van der Waals surface area contributed by atoms with Crippen LogP contribution < -0.4 is 5.32 Å². The second-order valence-corrected chi connectivity index (χ2v) is 4.61. The number of carboxylic acid groups (broad SMARTS) is 1. The zero-order valence-electron chi connectivity index (χ0n) is 11.7. The maximum Gasteiger partial charge on any atom is 0.317 e. The Hall–Kier alpha value is -2.24. The van der Waals surface area contributed by atoms with E-state index in [4.69, 9.17) is 5.11 Å². The van der Waals surface area contributed by atoms with Crippen LogP contribution in [-0.4, -0.2) is 40.7 Å². The Balaban J connectivity index is 2.49. The fraction of sp³-hybridized carbons (Fsp3) is 0.429. The fourth-order valence-corrected chi connectivity index (χ4v) is 1.74. The molecule has 0 aliphatic carbocycles. The topological polar surface area (TPSA) is 89.9 Å². The number of carbonyl (C=O) groups is 2. The van der Waals surface area contributed by atoms with Gasteiger partial charge in [-0.2, -0.15) is 0 Å². The van der Waals surface area contributed by atoms with Crippen LogP contribution >= 0.6 is 0 Å². The van der Waals surface area contributed by atoms with Crippen LogP contribution in [0.25, 0.3) is 0 Å². The van der Waals surface area contributed by atoms with Crippen LogP contribution in [0.5, 0.6) is 5.75 Å². The first kappa shape index (κ1) is 15.8. The van der Waals surface area contributed by atoms with Gasteiger partial charge in [0.05, 0.1) is 6.04 Å². The van der Waals surface area contributed by atoms with Crippen molar-refractivity contribution >= 4 is 12.0 Å². The number of benzene rings is 1. The SMILES string of the molecule is CC(c1cccc(O)c1)N(C)C(=O)NCCCC(=O)O. The molecule has 0 aromatic heterocycles. The average molecular weight is 280 g/mol. The van der Waals surface area contributed by atoms with Gasteiger partial charge in [-0.25, -0.2) is 4.79 Å². The van der Waals surface area contributed by atoms with Gasteiger partial charge in [0.25, 0.3) is 0 Å². The average Bonchev–Trinajstić information content (AvgIpc) is 2.41. The molecule has 0 aliphatic heterocycles. The van der Waals surface area contributed by atoms with Gasteiger partial charge in [0, 0.05) is 20.0 Å². The van der Waals surface area contributed by atoms with Crippen molar-refractivity contribution in [2.45, 2.75) is 25.8 Å². The third-order valence-electron chi connectivity index (χ3n) is 3.10. The molecule has 0 radical (unpaired) electrons. The number of carboxylic acids is 1. The molecule has 0 heterocycles. The van der Waals surface area contributed by atoms with Crippen molar-refractivity contribution in [2.24, 2.45) is 0 Å². The molecule has 2 amide bonds. The Kier molecular flexibility index (Phi) is 5.83. The number of carbonyl (C=O) groups excluding carboxylic acids is 1. The second kappa shape index (κ2) is 7.37. The predicted octanol–water partition coefficient (Wildman–Crippen LogP) is 1.96. The third-order valence-corrected chi connectivity index (χ3v) is 3.10. The summed E-state index contributed by atoms with van der Waals surface area (Å²) in [6.07, 6.45) is 0.432. The van der Waals surface area contributed by atoms with Crippen LogP contribution in [0.2, 0.25) is 0 Å². The van der Waals surface area contributed by atoms with Crippen LogP contribution in [0.3, 0.4) is 0 Å². The smallest absolute Gasteiger partial charge is 0.317 e. The maximum absolute atomic E-state index is 11.9. The van der Waals surface area contributed by atoms with Gasteiger partial charge < -0.3 is 20.4 Å². The molecule has 20 heavy (non-hydrogen) atoms. The van der Waals surface area contributed by atoms with Gasteiger partial charge in [-0.15, -0.1) is 0 Å². The van der Waals surface area contributed by atoms with Crippen molar-refractivity contribution in [3.05, 3.63) is 29.8 Å². The highest BCUT2D eigenvalue weighted by Gasteiger charge is 2.17. The first-order chi connectivity index (χ1) is 9.41. The van der Waals surface area contributed by atoms with E-state index in [2.05, 4.69) is 5.32 Å². The van der Waals surface area contributed by atoms with E-state index in [9.17, 15) is 14.7 Å². The lowest BCUT2D eigenvalue weighted by molar-refractivity contribution is -0.137. The Morgan fingerprint density at radius 2 is 2.10 bits per heavy atom.